The third-order valence-corrected chi connectivity index (χ3v) is 4.53. The van der Waals surface area contributed by atoms with Crippen molar-refractivity contribution in [2.24, 2.45) is 0 Å². The first-order valence-corrected chi connectivity index (χ1v) is 8.29. The smallest absolute Gasteiger partial charge is 0.329 e. The molecule has 0 amide bonds. The molecule has 4 heterocycles. The lowest BCUT2D eigenvalue weighted by Crippen LogP contribution is -2.37. The van der Waals surface area contributed by atoms with Crippen LogP contribution in [0.4, 0.5) is 11.6 Å². The largest absolute Gasteiger partial charge is 0.364 e. The number of hydrogen-bond donors (Lipinski definition) is 2. The zero-order chi connectivity index (χ0) is 17.4. The van der Waals surface area contributed by atoms with Gasteiger partial charge in [0.05, 0.1) is 0 Å². The van der Waals surface area contributed by atoms with Gasteiger partial charge in [-0.2, -0.15) is 5.10 Å². The Morgan fingerprint density at radius 2 is 2.28 bits per heavy atom. The van der Waals surface area contributed by atoms with E-state index in [1.807, 2.05) is 23.2 Å². The van der Waals surface area contributed by atoms with E-state index in [-0.39, 0.29) is 17.3 Å². The molecule has 130 valence electrons. The second-order valence-electron chi connectivity index (χ2n) is 6.06. The van der Waals surface area contributed by atoms with E-state index >= 15 is 0 Å². The van der Waals surface area contributed by atoms with Crippen LogP contribution < -0.4 is 21.5 Å². The number of nitrogens with zero attached hydrogens (tertiary/aromatic N) is 5. The van der Waals surface area contributed by atoms with Gasteiger partial charge < -0.3 is 10.2 Å². The van der Waals surface area contributed by atoms with Crippen LogP contribution in [0.3, 0.4) is 0 Å². The SMILES string of the molecule is CCn1c(=O)cc(N2CC[C@@H](Nc3ncnn4cccc34)C2)[nH]c1=O. The van der Waals surface area contributed by atoms with Crippen LogP contribution in [0.25, 0.3) is 5.52 Å². The van der Waals surface area contributed by atoms with Crippen LogP contribution in [0.1, 0.15) is 13.3 Å². The Bertz CT molecular complexity index is 988. The van der Waals surface area contributed by atoms with Gasteiger partial charge in [0.2, 0.25) is 0 Å². The summed E-state index contributed by atoms with van der Waals surface area (Å²) in [6, 6.07) is 5.54. The minimum atomic E-state index is -0.368. The van der Waals surface area contributed by atoms with Crippen LogP contribution >= 0.6 is 0 Å². The Hall–Kier alpha value is -3.10. The predicted octanol–water partition coefficient (Wildman–Crippen LogP) is 0.290. The van der Waals surface area contributed by atoms with Gasteiger partial charge in [0.15, 0.2) is 5.82 Å². The Kier molecular flexibility index (Phi) is 3.75. The fourth-order valence-electron chi connectivity index (χ4n) is 3.25. The van der Waals surface area contributed by atoms with Crippen molar-refractivity contribution in [3.05, 3.63) is 51.6 Å². The third-order valence-electron chi connectivity index (χ3n) is 4.53. The summed E-state index contributed by atoms with van der Waals surface area (Å²) < 4.78 is 2.95. The van der Waals surface area contributed by atoms with E-state index in [4.69, 9.17) is 0 Å². The molecule has 1 aliphatic heterocycles. The molecular formula is C16H19N7O2. The Balaban J connectivity index is 1.53. The first-order chi connectivity index (χ1) is 12.2. The molecular weight excluding hydrogens is 322 g/mol. The molecule has 3 aromatic heterocycles. The van der Waals surface area contributed by atoms with Crippen LogP contribution in [-0.2, 0) is 6.54 Å². The lowest BCUT2D eigenvalue weighted by molar-refractivity contribution is 0.669. The highest BCUT2D eigenvalue weighted by atomic mass is 16.2. The molecule has 0 radical (unpaired) electrons. The van der Waals surface area contributed by atoms with Crippen molar-refractivity contribution in [1.82, 2.24) is 24.1 Å². The predicted molar refractivity (Wildman–Crippen MR) is 94.2 cm³/mol. The van der Waals surface area contributed by atoms with Gasteiger partial charge in [-0.1, -0.05) is 0 Å². The van der Waals surface area contributed by atoms with Crippen molar-refractivity contribution in [2.45, 2.75) is 25.9 Å². The van der Waals surface area contributed by atoms with Crippen LogP contribution in [-0.4, -0.2) is 43.3 Å². The van der Waals surface area contributed by atoms with Crippen LogP contribution in [0.5, 0.6) is 0 Å². The summed E-state index contributed by atoms with van der Waals surface area (Å²) in [4.78, 5) is 33.1. The molecule has 1 saturated heterocycles. The number of nitrogens with one attached hydrogen (secondary N) is 2. The first kappa shape index (κ1) is 15.4. The zero-order valence-corrected chi connectivity index (χ0v) is 13.8. The quantitative estimate of drug-likeness (QED) is 0.707. The first-order valence-electron chi connectivity index (χ1n) is 8.29. The maximum atomic E-state index is 12.0. The van der Waals surface area contributed by atoms with Crippen molar-refractivity contribution in [2.75, 3.05) is 23.3 Å². The highest BCUT2D eigenvalue weighted by Gasteiger charge is 2.24. The highest BCUT2D eigenvalue weighted by Crippen LogP contribution is 2.20. The van der Waals surface area contributed by atoms with E-state index in [0.29, 0.717) is 18.9 Å². The fraction of sp³-hybridized carbons (Fsp3) is 0.375. The third kappa shape index (κ3) is 2.77. The van der Waals surface area contributed by atoms with Gasteiger partial charge in [0, 0.05) is 37.9 Å². The Labute approximate surface area is 142 Å². The minimum Gasteiger partial charge on any atom is -0.364 e. The average molecular weight is 341 g/mol. The molecule has 0 unspecified atom stereocenters. The van der Waals surface area contributed by atoms with Crippen molar-refractivity contribution >= 4 is 17.2 Å². The molecule has 3 aromatic rings. The van der Waals surface area contributed by atoms with Gasteiger partial charge in [-0.3, -0.25) is 14.3 Å². The minimum absolute atomic E-state index is 0.172. The van der Waals surface area contributed by atoms with Gasteiger partial charge in [-0.25, -0.2) is 14.3 Å². The van der Waals surface area contributed by atoms with Crippen molar-refractivity contribution in [1.29, 1.82) is 0 Å². The summed E-state index contributed by atoms with van der Waals surface area (Å²) in [7, 11) is 0. The van der Waals surface area contributed by atoms with E-state index < -0.39 is 0 Å². The molecule has 0 saturated carbocycles. The lowest BCUT2D eigenvalue weighted by Gasteiger charge is -2.19. The number of rotatable bonds is 4. The molecule has 1 aliphatic rings. The number of hydrogen-bond acceptors (Lipinski definition) is 6. The van der Waals surface area contributed by atoms with E-state index in [0.717, 1.165) is 24.3 Å². The number of anilines is 2. The molecule has 0 spiro atoms. The van der Waals surface area contributed by atoms with Gasteiger partial charge in [-0.05, 0) is 25.5 Å². The summed E-state index contributed by atoms with van der Waals surface area (Å²) in [6.07, 6.45) is 4.27. The monoisotopic (exact) mass is 341 g/mol. The number of fused-ring (bicyclic) bond motifs is 1. The molecule has 2 N–H and O–H groups in total. The van der Waals surface area contributed by atoms with E-state index in [1.54, 1.807) is 11.4 Å². The van der Waals surface area contributed by atoms with Crippen LogP contribution in [0, 0.1) is 0 Å². The molecule has 9 heteroatoms. The van der Waals surface area contributed by atoms with Gasteiger partial charge in [0.25, 0.3) is 5.56 Å². The average Bonchev–Trinajstić information content (AvgIpc) is 3.24. The molecule has 0 aromatic carbocycles. The molecule has 9 nitrogen and oxygen atoms in total. The molecule has 0 aliphatic carbocycles. The van der Waals surface area contributed by atoms with E-state index in [1.165, 1.54) is 17.0 Å². The molecule has 0 bridgehead atoms. The van der Waals surface area contributed by atoms with Crippen molar-refractivity contribution in [3.8, 4) is 0 Å². The lowest BCUT2D eigenvalue weighted by atomic mass is 10.2. The Morgan fingerprint density at radius 3 is 3.08 bits per heavy atom. The molecule has 1 atom stereocenters. The second-order valence-corrected chi connectivity index (χ2v) is 6.06. The topological polar surface area (TPSA) is 100 Å². The summed E-state index contributed by atoms with van der Waals surface area (Å²) in [5.41, 5.74) is 0.273. The maximum absolute atomic E-state index is 12.0. The van der Waals surface area contributed by atoms with Crippen molar-refractivity contribution in [3.63, 3.8) is 0 Å². The molecule has 25 heavy (non-hydrogen) atoms. The number of aromatic amines is 1. The van der Waals surface area contributed by atoms with Crippen LogP contribution in [0.15, 0.2) is 40.3 Å². The molecule has 4 rings (SSSR count). The van der Waals surface area contributed by atoms with E-state index in [9.17, 15) is 9.59 Å². The highest BCUT2D eigenvalue weighted by molar-refractivity contribution is 5.67. The summed E-state index contributed by atoms with van der Waals surface area (Å²) in [5, 5.41) is 7.59. The summed E-state index contributed by atoms with van der Waals surface area (Å²) in [5.74, 6) is 1.35. The fourth-order valence-corrected chi connectivity index (χ4v) is 3.25. The normalized spacial score (nSPS) is 17.3. The van der Waals surface area contributed by atoms with Gasteiger partial charge in [-0.15, -0.1) is 0 Å². The van der Waals surface area contributed by atoms with Crippen molar-refractivity contribution < 1.29 is 0 Å². The number of H-pyrrole nitrogens is 1. The summed E-state index contributed by atoms with van der Waals surface area (Å²) in [6.45, 7) is 3.57. The second kappa shape index (κ2) is 6.08. The summed E-state index contributed by atoms with van der Waals surface area (Å²) >= 11 is 0. The van der Waals surface area contributed by atoms with Gasteiger partial charge in [0.1, 0.15) is 17.7 Å². The zero-order valence-electron chi connectivity index (χ0n) is 13.8. The van der Waals surface area contributed by atoms with Gasteiger partial charge >= 0.3 is 5.69 Å². The molecule has 1 fully saturated rings. The Morgan fingerprint density at radius 1 is 1.40 bits per heavy atom. The standard InChI is InChI=1S/C16H19N7O2/c1-2-22-14(24)8-13(20-16(22)25)21-7-5-11(9-21)19-15-12-4-3-6-23(12)18-10-17-15/h3-4,6,8,10-11H,2,5,7,9H2,1H3,(H,20,25)(H,17,18,19)/t11-/m1/s1. The number of aromatic nitrogens is 5. The maximum Gasteiger partial charge on any atom is 0.329 e. The van der Waals surface area contributed by atoms with Crippen LogP contribution in [0.2, 0.25) is 0 Å². The van der Waals surface area contributed by atoms with E-state index in [2.05, 4.69) is 20.4 Å².